The zero-order chi connectivity index (χ0) is 19.5. The Morgan fingerprint density at radius 1 is 1.36 bits per heavy atom. The van der Waals surface area contributed by atoms with Gasteiger partial charge >= 0.3 is 0 Å². The van der Waals surface area contributed by atoms with Crippen molar-refractivity contribution in [1.29, 1.82) is 0 Å². The standard InChI is InChI=1S/C22H30ClN3O2/c1-28-12-4-11-25-14-17(21-19(23)6-2-7-20(21)25)15-26(18-8-9-18)22(27)16-5-3-10-24-13-16/h2,6-7,14,16,18,24H,3-5,8-13,15H2,1H3/t16-/m1/s1. The number of halogens is 1. The fraction of sp³-hybridized carbons (Fsp3) is 0.591. The second-order valence-corrected chi connectivity index (χ2v) is 8.48. The summed E-state index contributed by atoms with van der Waals surface area (Å²) in [6.45, 7) is 4.10. The molecule has 1 aliphatic carbocycles. The number of aromatic nitrogens is 1. The van der Waals surface area contributed by atoms with Crippen molar-refractivity contribution in [2.24, 2.45) is 5.92 Å². The molecule has 0 spiro atoms. The highest BCUT2D eigenvalue weighted by Gasteiger charge is 2.36. The molecule has 4 rings (SSSR count). The minimum absolute atomic E-state index is 0.111. The Kier molecular flexibility index (Phi) is 6.24. The number of ether oxygens (including phenoxy) is 1. The number of aryl methyl sites for hydroxylation is 1. The topological polar surface area (TPSA) is 46.5 Å². The first kappa shape index (κ1) is 19.7. The lowest BCUT2D eigenvalue weighted by Crippen LogP contribution is -2.43. The van der Waals surface area contributed by atoms with E-state index in [0.717, 1.165) is 79.8 Å². The summed E-state index contributed by atoms with van der Waals surface area (Å²) in [7, 11) is 1.73. The highest BCUT2D eigenvalue weighted by Crippen LogP contribution is 2.35. The average Bonchev–Trinajstić information content (AvgIpc) is 3.50. The predicted octanol–water partition coefficient (Wildman–Crippen LogP) is 3.82. The summed E-state index contributed by atoms with van der Waals surface area (Å²) in [5.41, 5.74) is 2.29. The lowest BCUT2D eigenvalue weighted by atomic mass is 9.97. The number of piperidine rings is 1. The summed E-state index contributed by atoms with van der Waals surface area (Å²) < 4.78 is 7.47. The lowest BCUT2D eigenvalue weighted by molar-refractivity contribution is -0.137. The molecule has 2 fully saturated rings. The number of hydrogen-bond donors (Lipinski definition) is 1. The van der Waals surface area contributed by atoms with Gasteiger partial charge in [-0.25, -0.2) is 0 Å². The van der Waals surface area contributed by atoms with Gasteiger partial charge in [0.2, 0.25) is 5.91 Å². The summed E-state index contributed by atoms with van der Waals surface area (Å²) in [6, 6.07) is 6.45. The van der Waals surface area contributed by atoms with Crippen LogP contribution in [0.25, 0.3) is 10.9 Å². The van der Waals surface area contributed by atoms with Gasteiger partial charge in [0, 0.05) is 56.5 Å². The van der Waals surface area contributed by atoms with Gasteiger partial charge in [0.05, 0.1) is 10.9 Å². The van der Waals surface area contributed by atoms with Crippen LogP contribution in [0.2, 0.25) is 5.02 Å². The van der Waals surface area contributed by atoms with Gasteiger partial charge in [0.15, 0.2) is 0 Å². The van der Waals surface area contributed by atoms with Crippen LogP contribution < -0.4 is 5.32 Å². The van der Waals surface area contributed by atoms with Crippen LogP contribution in [-0.2, 0) is 22.6 Å². The van der Waals surface area contributed by atoms with E-state index in [0.29, 0.717) is 18.5 Å². The fourth-order valence-corrected chi connectivity index (χ4v) is 4.62. The first-order chi connectivity index (χ1) is 13.7. The van der Waals surface area contributed by atoms with Gasteiger partial charge in [-0.2, -0.15) is 0 Å². The molecule has 0 radical (unpaired) electrons. The van der Waals surface area contributed by atoms with E-state index in [1.807, 2.05) is 12.1 Å². The molecule has 1 amide bonds. The Morgan fingerprint density at radius 3 is 2.93 bits per heavy atom. The molecular weight excluding hydrogens is 374 g/mol. The van der Waals surface area contributed by atoms with Crippen LogP contribution in [-0.4, -0.2) is 48.2 Å². The average molecular weight is 404 g/mol. The number of benzene rings is 1. The number of fused-ring (bicyclic) bond motifs is 1. The molecule has 1 aliphatic heterocycles. The Hall–Kier alpha value is -1.56. The van der Waals surface area contributed by atoms with Crippen molar-refractivity contribution in [1.82, 2.24) is 14.8 Å². The minimum atomic E-state index is 0.111. The third-order valence-corrected chi connectivity index (χ3v) is 6.25. The molecule has 1 atom stereocenters. The number of rotatable bonds is 8. The molecule has 2 aromatic rings. The number of nitrogens with one attached hydrogen (secondary N) is 1. The second kappa shape index (κ2) is 8.85. The van der Waals surface area contributed by atoms with Crippen LogP contribution in [0.3, 0.4) is 0 Å². The molecule has 5 nitrogen and oxygen atoms in total. The van der Waals surface area contributed by atoms with E-state index in [-0.39, 0.29) is 5.92 Å². The molecule has 0 bridgehead atoms. The largest absolute Gasteiger partial charge is 0.385 e. The van der Waals surface area contributed by atoms with E-state index >= 15 is 0 Å². The van der Waals surface area contributed by atoms with Crippen molar-refractivity contribution < 1.29 is 9.53 Å². The quantitative estimate of drug-likeness (QED) is 0.681. The first-order valence-electron chi connectivity index (χ1n) is 10.5. The smallest absolute Gasteiger partial charge is 0.227 e. The monoisotopic (exact) mass is 403 g/mol. The third kappa shape index (κ3) is 4.22. The zero-order valence-corrected chi connectivity index (χ0v) is 17.4. The van der Waals surface area contributed by atoms with Gasteiger partial charge in [0.1, 0.15) is 0 Å². The van der Waals surface area contributed by atoms with E-state index in [1.54, 1.807) is 7.11 Å². The number of carbonyl (C=O) groups is 1. The molecule has 28 heavy (non-hydrogen) atoms. The van der Waals surface area contributed by atoms with E-state index in [4.69, 9.17) is 16.3 Å². The van der Waals surface area contributed by atoms with Crippen LogP contribution in [0.1, 0.15) is 37.7 Å². The van der Waals surface area contributed by atoms with Gasteiger partial charge in [-0.15, -0.1) is 0 Å². The Balaban J connectivity index is 1.60. The molecule has 1 saturated carbocycles. The van der Waals surface area contributed by atoms with E-state index in [9.17, 15) is 4.79 Å². The fourth-order valence-electron chi connectivity index (χ4n) is 4.33. The molecule has 152 valence electrons. The van der Waals surface area contributed by atoms with Crippen molar-refractivity contribution in [3.8, 4) is 0 Å². The highest BCUT2D eigenvalue weighted by molar-refractivity contribution is 6.35. The summed E-state index contributed by atoms with van der Waals surface area (Å²) in [5.74, 6) is 0.418. The Labute approximate surface area is 172 Å². The normalized spacial score (nSPS) is 19.9. The van der Waals surface area contributed by atoms with Crippen molar-refractivity contribution in [2.45, 2.75) is 51.2 Å². The van der Waals surface area contributed by atoms with Gasteiger partial charge in [0.25, 0.3) is 0 Å². The maximum Gasteiger partial charge on any atom is 0.227 e. The van der Waals surface area contributed by atoms with Gasteiger partial charge in [-0.3, -0.25) is 4.79 Å². The van der Waals surface area contributed by atoms with Crippen LogP contribution in [0.4, 0.5) is 0 Å². The molecular formula is C22H30ClN3O2. The summed E-state index contributed by atoms with van der Waals surface area (Å²) in [6.07, 6.45) is 7.45. The maximum atomic E-state index is 13.3. The second-order valence-electron chi connectivity index (χ2n) is 8.07. The van der Waals surface area contributed by atoms with Crippen molar-refractivity contribution >= 4 is 28.4 Å². The summed E-state index contributed by atoms with van der Waals surface area (Å²) in [5, 5.41) is 5.23. The highest BCUT2D eigenvalue weighted by atomic mass is 35.5. The Morgan fingerprint density at radius 2 is 2.21 bits per heavy atom. The molecule has 2 heterocycles. The number of hydrogen-bond acceptors (Lipinski definition) is 3. The van der Waals surface area contributed by atoms with Crippen LogP contribution in [0.15, 0.2) is 24.4 Å². The van der Waals surface area contributed by atoms with Crippen molar-refractivity contribution in [3.05, 3.63) is 35.0 Å². The number of carbonyl (C=O) groups excluding carboxylic acids is 1. The van der Waals surface area contributed by atoms with E-state index < -0.39 is 0 Å². The maximum absolute atomic E-state index is 13.3. The third-order valence-electron chi connectivity index (χ3n) is 5.94. The van der Waals surface area contributed by atoms with Gasteiger partial charge < -0.3 is 19.5 Å². The van der Waals surface area contributed by atoms with Crippen LogP contribution in [0.5, 0.6) is 0 Å². The SMILES string of the molecule is COCCCn1cc(CN(C(=O)[C@@H]2CCCNC2)C2CC2)c2c(Cl)cccc21. The van der Waals surface area contributed by atoms with E-state index in [1.165, 1.54) is 0 Å². The number of amides is 1. The molecule has 6 heteroatoms. The molecule has 1 saturated heterocycles. The molecule has 2 aliphatic rings. The number of methoxy groups -OCH3 is 1. The first-order valence-corrected chi connectivity index (χ1v) is 10.8. The lowest BCUT2D eigenvalue weighted by Gasteiger charge is -2.30. The zero-order valence-electron chi connectivity index (χ0n) is 16.6. The van der Waals surface area contributed by atoms with Crippen LogP contribution >= 0.6 is 11.6 Å². The van der Waals surface area contributed by atoms with Crippen LogP contribution in [0, 0.1) is 5.92 Å². The molecule has 0 unspecified atom stereocenters. The predicted molar refractivity (Wildman–Crippen MR) is 113 cm³/mol. The minimum Gasteiger partial charge on any atom is -0.385 e. The molecule has 1 aromatic carbocycles. The van der Waals surface area contributed by atoms with Gasteiger partial charge in [-0.05, 0) is 56.3 Å². The van der Waals surface area contributed by atoms with Crippen molar-refractivity contribution in [2.75, 3.05) is 26.8 Å². The molecule has 1 aromatic heterocycles. The Bertz CT molecular complexity index is 825. The number of nitrogens with zero attached hydrogens (tertiary/aromatic N) is 2. The van der Waals surface area contributed by atoms with E-state index in [2.05, 4.69) is 27.0 Å². The van der Waals surface area contributed by atoms with Crippen molar-refractivity contribution in [3.63, 3.8) is 0 Å². The summed E-state index contributed by atoms with van der Waals surface area (Å²) >= 11 is 6.59. The summed E-state index contributed by atoms with van der Waals surface area (Å²) in [4.78, 5) is 15.4. The molecule has 1 N–H and O–H groups in total. The van der Waals surface area contributed by atoms with Gasteiger partial charge in [-0.1, -0.05) is 17.7 Å².